The lowest BCUT2D eigenvalue weighted by Gasteiger charge is -2.13. The molecule has 0 aliphatic heterocycles. The number of carbonyl (C=O) groups is 1. The molecule has 0 saturated heterocycles. The van der Waals surface area contributed by atoms with E-state index >= 15 is 0 Å². The van der Waals surface area contributed by atoms with Gasteiger partial charge in [0.25, 0.3) is 5.91 Å². The quantitative estimate of drug-likeness (QED) is 0.746. The van der Waals surface area contributed by atoms with E-state index in [0.717, 1.165) is 4.31 Å². The Labute approximate surface area is 160 Å². The fourth-order valence-electron chi connectivity index (χ4n) is 2.32. The van der Waals surface area contributed by atoms with Crippen molar-refractivity contribution in [1.29, 1.82) is 0 Å². The zero-order chi connectivity index (χ0) is 20.0. The van der Waals surface area contributed by atoms with E-state index in [0.29, 0.717) is 36.0 Å². The molecule has 27 heavy (non-hydrogen) atoms. The van der Waals surface area contributed by atoms with Gasteiger partial charge in [0.05, 0.1) is 18.1 Å². The molecule has 0 radical (unpaired) electrons. The molecule has 1 amide bonds. The predicted octanol–water partition coefficient (Wildman–Crippen LogP) is 2.99. The largest absolute Gasteiger partial charge is 0.490 e. The van der Waals surface area contributed by atoms with Gasteiger partial charge in [-0.15, -0.1) is 0 Å². The number of anilines is 1. The molecule has 2 aromatic rings. The Kier molecular flexibility index (Phi) is 6.81. The van der Waals surface area contributed by atoms with E-state index in [-0.39, 0.29) is 10.8 Å². The monoisotopic (exact) mass is 392 g/mol. The van der Waals surface area contributed by atoms with Crippen molar-refractivity contribution < 1.29 is 22.7 Å². The predicted molar refractivity (Wildman–Crippen MR) is 104 cm³/mol. The molecule has 146 valence electrons. The van der Waals surface area contributed by atoms with Crippen molar-refractivity contribution in [3.8, 4) is 11.5 Å². The average Bonchev–Trinajstić information content (AvgIpc) is 2.63. The van der Waals surface area contributed by atoms with Crippen LogP contribution in [0.4, 0.5) is 5.69 Å². The van der Waals surface area contributed by atoms with Gasteiger partial charge in [-0.25, -0.2) is 12.7 Å². The third kappa shape index (κ3) is 4.99. The van der Waals surface area contributed by atoms with Crippen molar-refractivity contribution >= 4 is 21.6 Å². The Morgan fingerprint density at radius 2 is 1.56 bits per heavy atom. The summed E-state index contributed by atoms with van der Waals surface area (Å²) in [7, 11) is -0.576. The second-order valence-electron chi connectivity index (χ2n) is 5.79. The summed E-state index contributed by atoms with van der Waals surface area (Å²) < 4.78 is 36.3. The van der Waals surface area contributed by atoms with Crippen LogP contribution in [-0.2, 0) is 10.0 Å². The Morgan fingerprint density at radius 1 is 0.963 bits per heavy atom. The average molecular weight is 392 g/mol. The van der Waals surface area contributed by atoms with Crippen LogP contribution in [-0.4, -0.2) is 45.9 Å². The Morgan fingerprint density at radius 3 is 2.11 bits per heavy atom. The van der Waals surface area contributed by atoms with E-state index < -0.39 is 10.0 Å². The van der Waals surface area contributed by atoms with E-state index in [2.05, 4.69) is 5.32 Å². The first-order valence-corrected chi connectivity index (χ1v) is 9.97. The number of hydrogen-bond donors (Lipinski definition) is 1. The highest BCUT2D eigenvalue weighted by Gasteiger charge is 2.17. The number of sulfonamides is 1. The van der Waals surface area contributed by atoms with Gasteiger partial charge in [0.15, 0.2) is 11.5 Å². The minimum absolute atomic E-state index is 0.158. The Bertz CT molecular complexity index is 893. The summed E-state index contributed by atoms with van der Waals surface area (Å²) in [5, 5.41) is 2.74. The van der Waals surface area contributed by atoms with E-state index in [4.69, 9.17) is 9.47 Å². The van der Waals surface area contributed by atoms with Crippen molar-refractivity contribution in [2.75, 3.05) is 32.6 Å². The highest BCUT2D eigenvalue weighted by molar-refractivity contribution is 7.89. The Hall–Kier alpha value is -2.58. The zero-order valence-corrected chi connectivity index (χ0v) is 16.7. The van der Waals surface area contributed by atoms with E-state index in [1.807, 2.05) is 13.8 Å². The van der Waals surface area contributed by atoms with Gasteiger partial charge in [0.2, 0.25) is 10.0 Å². The van der Waals surface area contributed by atoms with Gasteiger partial charge in [-0.1, -0.05) is 0 Å². The molecule has 0 aromatic heterocycles. The van der Waals surface area contributed by atoms with Crippen molar-refractivity contribution in [1.82, 2.24) is 4.31 Å². The van der Waals surface area contributed by atoms with Crippen LogP contribution in [0.2, 0.25) is 0 Å². The van der Waals surface area contributed by atoms with E-state index in [1.165, 1.54) is 26.2 Å². The van der Waals surface area contributed by atoms with E-state index in [1.54, 1.807) is 30.3 Å². The molecule has 0 fully saturated rings. The molecule has 1 N–H and O–H groups in total. The molecular formula is C19H24N2O5S. The lowest BCUT2D eigenvalue weighted by Crippen LogP contribution is -2.22. The van der Waals surface area contributed by atoms with Crippen LogP contribution < -0.4 is 14.8 Å². The third-order valence-corrected chi connectivity index (χ3v) is 5.53. The Balaban J connectivity index is 2.18. The SMILES string of the molecule is CCOc1ccc(C(=O)Nc2ccc(S(=O)(=O)N(C)C)cc2)cc1OCC. The lowest BCUT2D eigenvalue weighted by molar-refractivity contribution is 0.102. The summed E-state index contributed by atoms with van der Waals surface area (Å²) in [5.74, 6) is 0.746. The van der Waals surface area contributed by atoms with Crippen LogP contribution in [0.3, 0.4) is 0 Å². The molecule has 0 saturated carbocycles. The molecule has 8 heteroatoms. The van der Waals surface area contributed by atoms with Gasteiger partial charge >= 0.3 is 0 Å². The maximum atomic E-state index is 12.5. The van der Waals surface area contributed by atoms with Gasteiger partial charge < -0.3 is 14.8 Å². The highest BCUT2D eigenvalue weighted by atomic mass is 32.2. The number of ether oxygens (including phenoxy) is 2. The first-order valence-electron chi connectivity index (χ1n) is 8.53. The van der Waals surface area contributed by atoms with Crippen molar-refractivity contribution in [3.63, 3.8) is 0 Å². The number of hydrogen-bond acceptors (Lipinski definition) is 5. The molecular weight excluding hydrogens is 368 g/mol. The van der Waals surface area contributed by atoms with Crippen LogP contribution in [0.1, 0.15) is 24.2 Å². The van der Waals surface area contributed by atoms with Crippen LogP contribution in [0.15, 0.2) is 47.4 Å². The molecule has 0 bridgehead atoms. The molecule has 0 aliphatic rings. The highest BCUT2D eigenvalue weighted by Crippen LogP contribution is 2.29. The van der Waals surface area contributed by atoms with Crippen molar-refractivity contribution in [2.45, 2.75) is 18.7 Å². The normalized spacial score (nSPS) is 11.3. The van der Waals surface area contributed by atoms with Gasteiger partial charge in [0.1, 0.15) is 0 Å². The van der Waals surface area contributed by atoms with Gasteiger partial charge in [-0.2, -0.15) is 0 Å². The van der Waals surface area contributed by atoms with Gasteiger partial charge in [0, 0.05) is 25.3 Å². The number of nitrogens with zero attached hydrogens (tertiary/aromatic N) is 1. The van der Waals surface area contributed by atoms with Crippen LogP contribution in [0, 0.1) is 0 Å². The molecule has 0 aliphatic carbocycles. The number of rotatable bonds is 8. The van der Waals surface area contributed by atoms with Crippen LogP contribution >= 0.6 is 0 Å². The van der Waals surface area contributed by atoms with Gasteiger partial charge in [-0.05, 0) is 56.3 Å². The van der Waals surface area contributed by atoms with Crippen LogP contribution in [0.5, 0.6) is 11.5 Å². The minimum atomic E-state index is -3.51. The molecule has 2 aromatic carbocycles. The maximum absolute atomic E-state index is 12.5. The first kappa shape index (κ1) is 20.7. The summed E-state index contributed by atoms with van der Waals surface area (Å²) in [6, 6.07) is 11.0. The fraction of sp³-hybridized carbons (Fsp3) is 0.316. The van der Waals surface area contributed by atoms with E-state index in [9.17, 15) is 13.2 Å². The molecule has 0 atom stereocenters. The summed E-state index contributed by atoms with van der Waals surface area (Å²) >= 11 is 0. The van der Waals surface area contributed by atoms with Crippen molar-refractivity contribution in [3.05, 3.63) is 48.0 Å². The summed E-state index contributed by atoms with van der Waals surface area (Å²) in [6.07, 6.45) is 0. The summed E-state index contributed by atoms with van der Waals surface area (Å²) in [4.78, 5) is 12.7. The second-order valence-corrected chi connectivity index (χ2v) is 7.95. The lowest BCUT2D eigenvalue weighted by atomic mass is 10.2. The maximum Gasteiger partial charge on any atom is 0.255 e. The topological polar surface area (TPSA) is 84.9 Å². The first-order chi connectivity index (χ1) is 12.8. The summed E-state index contributed by atoms with van der Waals surface area (Å²) in [6.45, 7) is 4.67. The van der Waals surface area contributed by atoms with Crippen molar-refractivity contribution in [2.24, 2.45) is 0 Å². The molecule has 7 nitrogen and oxygen atoms in total. The minimum Gasteiger partial charge on any atom is -0.490 e. The fourth-order valence-corrected chi connectivity index (χ4v) is 3.22. The number of benzene rings is 2. The standard InChI is InChI=1S/C19H24N2O5S/c1-5-25-17-12-7-14(13-18(17)26-6-2)19(22)20-15-8-10-16(11-9-15)27(23,24)21(3)4/h7-13H,5-6H2,1-4H3,(H,20,22). The molecule has 0 spiro atoms. The number of carbonyl (C=O) groups excluding carboxylic acids is 1. The number of nitrogens with one attached hydrogen (secondary N) is 1. The molecule has 2 rings (SSSR count). The third-order valence-electron chi connectivity index (χ3n) is 3.70. The number of amides is 1. The van der Waals surface area contributed by atoms with Gasteiger partial charge in [-0.3, -0.25) is 4.79 Å². The molecule has 0 unspecified atom stereocenters. The second kappa shape index (κ2) is 8.88. The summed E-state index contributed by atoms with van der Waals surface area (Å²) in [5.41, 5.74) is 0.899. The smallest absolute Gasteiger partial charge is 0.255 e. The zero-order valence-electron chi connectivity index (χ0n) is 15.9. The van der Waals surface area contributed by atoms with Crippen LogP contribution in [0.25, 0.3) is 0 Å². The molecule has 0 heterocycles.